The summed E-state index contributed by atoms with van der Waals surface area (Å²) in [7, 11) is 1.65. The van der Waals surface area contributed by atoms with Gasteiger partial charge in [0.2, 0.25) is 0 Å². The average molecular weight is 262 g/mol. The summed E-state index contributed by atoms with van der Waals surface area (Å²) in [4.78, 5) is 0. The molecule has 2 aromatic carbocycles. The molecule has 2 nitrogen and oxygen atoms in total. The fourth-order valence-electron chi connectivity index (χ4n) is 1.95. The summed E-state index contributed by atoms with van der Waals surface area (Å²) < 4.78 is 5.13. The van der Waals surface area contributed by atoms with E-state index in [1.54, 1.807) is 7.11 Å². The molecule has 0 amide bonds. The van der Waals surface area contributed by atoms with Gasteiger partial charge in [-0.05, 0) is 47.9 Å². The quantitative estimate of drug-likeness (QED) is 0.914. The molecule has 0 saturated heterocycles. The van der Waals surface area contributed by atoms with Crippen molar-refractivity contribution in [2.45, 2.75) is 13.0 Å². The van der Waals surface area contributed by atoms with Crippen LogP contribution in [0, 0.1) is 6.92 Å². The second kappa shape index (κ2) is 5.42. The van der Waals surface area contributed by atoms with Gasteiger partial charge in [0, 0.05) is 5.02 Å². The van der Waals surface area contributed by atoms with E-state index in [4.69, 9.17) is 22.1 Å². The molecule has 0 aliphatic rings. The molecule has 0 aromatic heterocycles. The van der Waals surface area contributed by atoms with Crippen molar-refractivity contribution in [3.63, 3.8) is 0 Å². The Morgan fingerprint density at radius 2 is 1.72 bits per heavy atom. The molecule has 3 heteroatoms. The van der Waals surface area contributed by atoms with Crippen molar-refractivity contribution in [1.29, 1.82) is 0 Å². The van der Waals surface area contributed by atoms with Crippen molar-refractivity contribution in [1.82, 2.24) is 0 Å². The van der Waals surface area contributed by atoms with E-state index in [9.17, 15) is 0 Å². The summed E-state index contributed by atoms with van der Waals surface area (Å²) in [5.74, 6) is 0.827. The van der Waals surface area contributed by atoms with Gasteiger partial charge >= 0.3 is 0 Å². The van der Waals surface area contributed by atoms with E-state index in [1.807, 2.05) is 43.3 Å². The lowest BCUT2D eigenvalue weighted by atomic mass is 9.98. The topological polar surface area (TPSA) is 35.2 Å². The summed E-state index contributed by atoms with van der Waals surface area (Å²) >= 11 is 6.05. The summed E-state index contributed by atoms with van der Waals surface area (Å²) in [6, 6.07) is 13.5. The van der Waals surface area contributed by atoms with E-state index in [0.29, 0.717) is 5.02 Å². The number of rotatable bonds is 3. The van der Waals surface area contributed by atoms with E-state index >= 15 is 0 Å². The minimum Gasteiger partial charge on any atom is -0.497 e. The summed E-state index contributed by atoms with van der Waals surface area (Å²) in [6.45, 7) is 2.01. The highest BCUT2D eigenvalue weighted by molar-refractivity contribution is 6.30. The molecule has 0 heterocycles. The van der Waals surface area contributed by atoms with Gasteiger partial charge in [0.25, 0.3) is 0 Å². The lowest BCUT2D eigenvalue weighted by Gasteiger charge is -2.14. The first kappa shape index (κ1) is 12.9. The number of nitrogens with two attached hydrogens (primary N) is 1. The van der Waals surface area contributed by atoms with Gasteiger partial charge in [0.15, 0.2) is 0 Å². The number of hydrogen-bond donors (Lipinski definition) is 1. The second-order valence-corrected chi connectivity index (χ2v) is 4.75. The van der Waals surface area contributed by atoms with Crippen molar-refractivity contribution >= 4 is 11.6 Å². The summed E-state index contributed by atoms with van der Waals surface area (Å²) in [5, 5.41) is 0.717. The molecule has 2 aromatic rings. The molecule has 2 rings (SSSR count). The van der Waals surface area contributed by atoms with Crippen molar-refractivity contribution in [2.75, 3.05) is 7.11 Å². The molecule has 0 spiro atoms. The van der Waals surface area contributed by atoms with Crippen LogP contribution in [0.3, 0.4) is 0 Å². The van der Waals surface area contributed by atoms with Gasteiger partial charge in [-0.25, -0.2) is 0 Å². The number of benzene rings is 2. The molecular weight excluding hydrogens is 246 g/mol. The molecule has 1 unspecified atom stereocenters. The first-order chi connectivity index (χ1) is 8.60. The number of halogens is 1. The monoisotopic (exact) mass is 261 g/mol. The van der Waals surface area contributed by atoms with Crippen LogP contribution in [0.2, 0.25) is 5.02 Å². The fraction of sp³-hybridized carbons (Fsp3) is 0.200. The van der Waals surface area contributed by atoms with Crippen LogP contribution in [-0.4, -0.2) is 7.11 Å². The highest BCUT2D eigenvalue weighted by Crippen LogP contribution is 2.25. The van der Waals surface area contributed by atoms with Gasteiger partial charge in [-0.15, -0.1) is 0 Å². The molecule has 0 radical (unpaired) electrons. The van der Waals surface area contributed by atoms with E-state index in [1.165, 1.54) is 0 Å². The third-order valence-corrected chi connectivity index (χ3v) is 3.12. The molecule has 94 valence electrons. The largest absolute Gasteiger partial charge is 0.497 e. The maximum Gasteiger partial charge on any atom is 0.118 e. The molecular formula is C15H16ClNO. The SMILES string of the molecule is COc1ccc(C(N)c2cc(C)cc(Cl)c2)cc1. The zero-order chi connectivity index (χ0) is 13.1. The Morgan fingerprint density at radius 1 is 1.06 bits per heavy atom. The molecule has 1 atom stereocenters. The normalized spacial score (nSPS) is 12.2. The van der Waals surface area contributed by atoms with Crippen LogP contribution in [0.1, 0.15) is 22.7 Å². The Labute approximate surface area is 112 Å². The number of hydrogen-bond acceptors (Lipinski definition) is 2. The van der Waals surface area contributed by atoms with Crippen molar-refractivity contribution in [2.24, 2.45) is 5.73 Å². The Hall–Kier alpha value is -1.51. The molecule has 0 saturated carbocycles. The summed E-state index contributed by atoms with van der Waals surface area (Å²) in [5.41, 5.74) is 9.42. The van der Waals surface area contributed by atoms with Gasteiger partial charge in [0.05, 0.1) is 13.2 Å². The van der Waals surface area contributed by atoms with Crippen molar-refractivity contribution < 1.29 is 4.74 Å². The average Bonchev–Trinajstić information content (AvgIpc) is 2.37. The third kappa shape index (κ3) is 2.84. The highest BCUT2D eigenvalue weighted by atomic mass is 35.5. The minimum absolute atomic E-state index is 0.173. The highest BCUT2D eigenvalue weighted by Gasteiger charge is 2.10. The predicted molar refractivity (Wildman–Crippen MR) is 75.2 cm³/mol. The van der Waals surface area contributed by atoms with Gasteiger partial charge < -0.3 is 10.5 Å². The van der Waals surface area contributed by atoms with E-state index < -0.39 is 0 Å². The lowest BCUT2D eigenvalue weighted by Crippen LogP contribution is -2.11. The molecule has 0 fully saturated rings. The number of ether oxygens (including phenoxy) is 1. The van der Waals surface area contributed by atoms with Crippen LogP contribution in [0.5, 0.6) is 5.75 Å². The smallest absolute Gasteiger partial charge is 0.118 e. The van der Waals surface area contributed by atoms with Crippen molar-refractivity contribution in [3.8, 4) is 5.75 Å². The van der Waals surface area contributed by atoms with Gasteiger partial charge in [0.1, 0.15) is 5.75 Å². The molecule has 0 bridgehead atoms. The summed E-state index contributed by atoms with van der Waals surface area (Å²) in [6.07, 6.45) is 0. The van der Waals surface area contributed by atoms with Crippen LogP contribution in [0.4, 0.5) is 0 Å². The van der Waals surface area contributed by atoms with Gasteiger partial charge in [-0.1, -0.05) is 29.8 Å². The van der Waals surface area contributed by atoms with Crippen LogP contribution >= 0.6 is 11.6 Å². The Bertz CT molecular complexity index is 516. The van der Waals surface area contributed by atoms with Crippen LogP contribution < -0.4 is 10.5 Å². The first-order valence-electron chi connectivity index (χ1n) is 5.77. The molecule has 0 aliphatic carbocycles. The van der Waals surface area contributed by atoms with Crippen LogP contribution in [0.15, 0.2) is 42.5 Å². The predicted octanol–water partition coefficient (Wildman–Crippen LogP) is 3.71. The second-order valence-electron chi connectivity index (χ2n) is 4.31. The Balaban J connectivity index is 2.31. The molecule has 18 heavy (non-hydrogen) atoms. The zero-order valence-corrected chi connectivity index (χ0v) is 11.2. The number of aryl methyl sites for hydroxylation is 1. The minimum atomic E-state index is -0.173. The maximum atomic E-state index is 6.25. The lowest BCUT2D eigenvalue weighted by molar-refractivity contribution is 0.414. The molecule has 2 N–H and O–H groups in total. The standard InChI is InChI=1S/C15H16ClNO/c1-10-7-12(9-13(16)8-10)15(17)11-3-5-14(18-2)6-4-11/h3-9,15H,17H2,1-2H3. The van der Waals surface area contributed by atoms with Gasteiger partial charge in [-0.2, -0.15) is 0 Å². The van der Waals surface area contributed by atoms with E-state index in [0.717, 1.165) is 22.4 Å². The zero-order valence-electron chi connectivity index (χ0n) is 10.5. The number of methoxy groups -OCH3 is 1. The first-order valence-corrected chi connectivity index (χ1v) is 6.14. The maximum absolute atomic E-state index is 6.25. The van der Waals surface area contributed by atoms with Crippen molar-refractivity contribution in [3.05, 3.63) is 64.2 Å². The molecule has 0 aliphatic heterocycles. The Morgan fingerprint density at radius 3 is 2.28 bits per heavy atom. The van der Waals surface area contributed by atoms with E-state index in [-0.39, 0.29) is 6.04 Å². The fourth-order valence-corrected chi connectivity index (χ4v) is 2.25. The van der Waals surface area contributed by atoms with Crippen LogP contribution in [0.25, 0.3) is 0 Å². The third-order valence-electron chi connectivity index (χ3n) is 2.90. The Kier molecular flexibility index (Phi) is 3.90. The van der Waals surface area contributed by atoms with Gasteiger partial charge in [-0.3, -0.25) is 0 Å². The van der Waals surface area contributed by atoms with Crippen LogP contribution in [-0.2, 0) is 0 Å². The van der Waals surface area contributed by atoms with E-state index in [2.05, 4.69) is 6.07 Å².